The molecule has 2 rings (SSSR count). The van der Waals surface area contributed by atoms with Crippen LogP contribution in [0.5, 0.6) is 0 Å². The highest BCUT2D eigenvalue weighted by Gasteiger charge is 2.37. The summed E-state index contributed by atoms with van der Waals surface area (Å²) < 4.78 is 4.99. The molecule has 1 heterocycles. The van der Waals surface area contributed by atoms with Crippen LogP contribution in [-0.4, -0.2) is 53.9 Å². The van der Waals surface area contributed by atoms with E-state index < -0.39 is 24.5 Å². The maximum Gasteiger partial charge on any atom is 0.250 e. The van der Waals surface area contributed by atoms with Crippen LogP contribution in [0.25, 0.3) is 5.70 Å². The summed E-state index contributed by atoms with van der Waals surface area (Å²) in [5, 5.41) is 11.1. The molecule has 24 heavy (non-hydrogen) atoms. The fourth-order valence-electron chi connectivity index (χ4n) is 2.64. The Kier molecular flexibility index (Phi) is 5.70. The Morgan fingerprint density at radius 3 is 2.46 bits per heavy atom. The van der Waals surface area contributed by atoms with E-state index in [0.717, 1.165) is 4.90 Å². The maximum atomic E-state index is 12.8. The summed E-state index contributed by atoms with van der Waals surface area (Å²) in [6, 6.07) is 8.04. The minimum atomic E-state index is -1.37. The first-order chi connectivity index (χ1) is 11.5. The van der Waals surface area contributed by atoms with E-state index in [0.29, 0.717) is 11.3 Å². The van der Waals surface area contributed by atoms with Gasteiger partial charge in [-0.05, 0) is 5.56 Å². The maximum absolute atomic E-state index is 12.8. The lowest BCUT2D eigenvalue weighted by Crippen LogP contribution is -2.54. The molecule has 1 aromatic rings. The van der Waals surface area contributed by atoms with Crippen LogP contribution < -0.4 is 5.11 Å². The second-order valence-corrected chi connectivity index (χ2v) is 5.40. The van der Waals surface area contributed by atoms with Gasteiger partial charge in [0.1, 0.15) is 6.04 Å². The molecule has 0 aromatic heterocycles. The van der Waals surface area contributed by atoms with Gasteiger partial charge in [0.2, 0.25) is 5.91 Å². The Balaban J connectivity index is 2.49. The Labute approximate surface area is 140 Å². The number of benzene rings is 1. The Morgan fingerprint density at radius 2 is 1.92 bits per heavy atom. The van der Waals surface area contributed by atoms with Crippen LogP contribution in [0.4, 0.5) is 0 Å². The zero-order valence-corrected chi connectivity index (χ0v) is 13.6. The van der Waals surface area contributed by atoms with Gasteiger partial charge in [0, 0.05) is 33.3 Å². The summed E-state index contributed by atoms with van der Waals surface area (Å²) in [5.74, 6) is -2.13. The predicted octanol–water partition coefficient (Wildman–Crippen LogP) is -0.169. The Bertz CT molecular complexity index is 656. The quantitative estimate of drug-likeness (QED) is 0.722. The summed E-state index contributed by atoms with van der Waals surface area (Å²) in [6.45, 7) is 1.06. The molecular formula is C17H19N2O5-. The van der Waals surface area contributed by atoms with Crippen molar-refractivity contribution in [3.05, 3.63) is 42.1 Å². The highest BCUT2D eigenvalue weighted by atomic mass is 16.5. The molecule has 1 aliphatic heterocycles. The van der Waals surface area contributed by atoms with Gasteiger partial charge in [-0.3, -0.25) is 9.59 Å². The van der Waals surface area contributed by atoms with Crippen molar-refractivity contribution in [3.8, 4) is 0 Å². The minimum Gasteiger partial charge on any atom is -0.548 e. The third-order valence-electron chi connectivity index (χ3n) is 3.75. The number of aliphatic carboxylic acids is 1. The molecule has 0 saturated heterocycles. The molecule has 0 aliphatic carbocycles. The normalized spacial score (nSPS) is 17.7. The van der Waals surface area contributed by atoms with Crippen molar-refractivity contribution in [1.29, 1.82) is 0 Å². The molecule has 0 radical (unpaired) electrons. The van der Waals surface area contributed by atoms with Gasteiger partial charge in [-0.15, -0.1) is 0 Å². The highest BCUT2D eigenvalue weighted by Crippen LogP contribution is 2.28. The summed E-state index contributed by atoms with van der Waals surface area (Å²) in [4.78, 5) is 38.3. The fraction of sp³-hybridized carbons (Fsp3) is 0.353. The van der Waals surface area contributed by atoms with Crippen molar-refractivity contribution >= 4 is 23.5 Å². The number of carbonyl (C=O) groups excluding carboxylic acids is 3. The second kappa shape index (κ2) is 7.74. The van der Waals surface area contributed by atoms with E-state index in [-0.39, 0.29) is 18.9 Å². The number of hydrogen-bond donors (Lipinski definition) is 0. The zero-order chi connectivity index (χ0) is 17.7. The molecule has 0 spiro atoms. The number of hydrogen-bond acceptors (Lipinski definition) is 5. The van der Waals surface area contributed by atoms with E-state index in [1.165, 1.54) is 25.1 Å². The smallest absolute Gasteiger partial charge is 0.250 e. The van der Waals surface area contributed by atoms with E-state index >= 15 is 0 Å². The minimum absolute atomic E-state index is 0.272. The number of carboxylic acid groups (broad SMARTS) is 1. The molecule has 0 N–H and O–H groups in total. The van der Waals surface area contributed by atoms with Gasteiger partial charge >= 0.3 is 0 Å². The average molecular weight is 331 g/mol. The molecule has 2 amide bonds. The van der Waals surface area contributed by atoms with Crippen LogP contribution in [0.1, 0.15) is 18.9 Å². The van der Waals surface area contributed by atoms with E-state index in [4.69, 9.17) is 4.74 Å². The first-order valence-electron chi connectivity index (χ1n) is 7.52. The lowest BCUT2D eigenvalue weighted by atomic mass is 10.0. The highest BCUT2D eigenvalue weighted by molar-refractivity contribution is 5.98. The van der Waals surface area contributed by atoms with E-state index in [9.17, 15) is 19.5 Å². The summed E-state index contributed by atoms with van der Waals surface area (Å²) >= 11 is 0. The number of carbonyl (C=O) groups is 3. The van der Waals surface area contributed by atoms with Crippen molar-refractivity contribution < 1.29 is 24.2 Å². The predicted molar refractivity (Wildman–Crippen MR) is 83.9 cm³/mol. The monoisotopic (exact) mass is 331 g/mol. The van der Waals surface area contributed by atoms with Crippen LogP contribution >= 0.6 is 0 Å². The van der Waals surface area contributed by atoms with Crippen molar-refractivity contribution in [2.75, 3.05) is 20.3 Å². The lowest BCUT2D eigenvalue weighted by molar-refractivity contribution is -0.305. The third-order valence-corrected chi connectivity index (χ3v) is 3.75. The summed E-state index contributed by atoms with van der Waals surface area (Å²) in [6.07, 6.45) is 1.79. The van der Waals surface area contributed by atoms with Crippen LogP contribution in [0.15, 0.2) is 36.5 Å². The summed E-state index contributed by atoms with van der Waals surface area (Å²) in [5.41, 5.74) is 0.997. The number of amides is 2. The average Bonchev–Trinajstić information content (AvgIpc) is 2.55. The van der Waals surface area contributed by atoms with Crippen LogP contribution in [0, 0.1) is 0 Å². The van der Waals surface area contributed by atoms with Gasteiger partial charge in [-0.2, -0.15) is 0 Å². The first kappa shape index (κ1) is 17.7. The number of nitrogens with zero attached hydrogens (tertiary/aromatic N) is 2. The zero-order valence-electron chi connectivity index (χ0n) is 13.6. The van der Waals surface area contributed by atoms with Crippen molar-refractivity contribution in [2.24, 2.45) is 0 Å². The van der Waals surface area contributed by atoms with Gasteiger partial charge in [-0.25, -0.2) is 0 Å². The molecule has 7 heteroatoms. The van der Waals surface area contributed by atoms with E-state index in [1.807, 2.05) is 6.07 Å². The molecule has 0 fully saturated rings. The third kappa shape index (κ3) is 3.80. The first-order valence-corrected chi connectivity index (χ1v) is 7.52. The SMILES string of the molecule is COCCC1C(=O)N(CC(=O)[O-])C(c2ccccc2)=CN1C(C)=O. The van der Waals surface area contributed by atoms with Gasteiger partial charge in [0.15, 0.2) is 0 Å². The van der Waals surface area contributed by atoms with Gasteiger partial charge in [-0.1, -0.05) is 30.3 Å². The van der Waals surface area contributed by atoms with Gasteiger partial charge in [0.05, 0.1) is 18.2 Å². The van der Waals surface area contributed by atoms with Crippen LogP contribution in [-0.2, 0) is 19.1 Å². The summed E-state index contributed by atoms with van der Waals surface area (Å²) in [7, 11) is 1.50. The molecule has 0 saturated carbocycles. The molecule has 1 aliphatic rings. The Morgan fingerprint density at radius 1 is 1.25 bits per heavy atom. The van der Waals surface area contributed by atoms with Gasteiger partial charge < -0.3 is 24.4 Å². The number of rotatable bonds is 6. The molecule has 7 nitrogen and oxygen atoms in total. The Hall–Kier alpha value is -2.67. The standard InChI is InChI=1S/C17H20N2O5/c1-12(20)18-10-15(13-6-4-3-5-7-13)19(11-16(21)22)17(23)14(18)8-9-24-2/h3-7,10,14H,8-9,11H2,1-2H3,(H,21,22)/p-1. The molecule has 1 aromatic carbocycles. The van der Waals surface area contributed by atoms with E-state index in [1.54, 1.807) is 24.3 Å². The van der Waals surface area contributed by atoms with E-state index in [2.05, 4.69) is 0 Å². The van der Waals surface area contributed by atoms with Crippen LogP contribution in [0.2, 0.25) is 0 Å². The van der Waals surface area contributed by atoms with Crippen molar-refractivity contribution in [3.63, 3.8) is 0 Å². The van der Waals surface area contributed by atoms with Crippen LogP contribution in [0.3, 0.4) is 0 Å². The number of methoxy groups -OCH3 is 1. The number of ether oxygens (including phenoxy) is 1. The van der Waals surface area contributed by atoms with Crippen molar-refractivity contribution in [1.82, 2.24) is 9.80 Å². The molecule has 1 atom stereocenters. The lowest BCUT2D eigenvalue weighted by Gasteiger charge is -2.39. The topological polar surface area (TPSA) is 90.0 Å². The molecular weight excluding hydrogens is 312 g/mol. The van der Waals surface area contributed by atoms with Gasteiger partial charge in [0.25, 0.3) is 5.91 Å². The molecule has 0 bridgehead atoms. The fourth-order valence-corrected chi connectivity index (χ4v) is 2.64. The molecule has 128 valence electrons. The second-order valence-electron chi connectivity index (χ2n) is 5.40. The molecule has 1 unspecified atom stereocenters. The largest absolute Gasteiger partial charge is 0.548 e. The number of carboxylic acids is 1. The van der Waals surface area contributed by atoms with Crippen molar-refractivity contribution in [2.45, 2.75) is 19.4 Å².